The van der Waals surface area contributed by atoms with Crippen LogP contribution in [-0.4, -0.2) is 36.8 Å². The first kappa shape index (κ1) is 20.4. The van der Waals surface area contributed by atoms with Crippen molar-refractivity contribution < 1.29 is 9.84 Å². The molecule has 0 saturated carbocycles. The van der Waals surface area contributed by atoms with E-state index < -0.39 is 6.10 Å². The summed E-state index contributed by atoms with van der Waals surface area (Å²) in [6.07, 6.45) is 6.05. The summed E-state index contributed by atoms with van der Waals surface area (Å²) in [5, 5.41) is 10.4. The van der Waals surface area contributed by atoms with E-state index in [1.807, 2.05) is 67.7 Å². The summed E-state index contributed by atoms with van der Waals surface area (Å²) in [5.41, 5.74) is 1.99. The topological polar surface area (TPSA) is 32.7 Å². The second kappa shape index (κ2) is 11.0. The minimum atomic E-state index is -0.523. The zero-order valence-electron chi connectivity index (χ0n) is 15.1. The quantitative estimate of drug-likeness (QED) is 0.566. The number of ether oxygens (including phenoxy) is 1. The van der Waals surface area contributed by atoms with E-state index in [4.69, 9.17) is 4.74 Å². The largest absolute Gasteiger partial charge is 0.490 e. The highest BCUT2D eigenvalue weighted by Crippen LogP contribution is 2.22. The van der Waals surface area contributed by atoms with Crippen LogP contribution >= 0.6 is 15.9 Å². The van der Waals surface area contributed by atoms with Crippen LogP contribution in [0.25, 0.3) is 0 Å². The number of hydrogen-bond acceptors (Lipinski definition) is 3. The number of halogens is 1. The van der Waals surface area contributed by atoms with Crippen LogP contribution in [0.1, 0.15) is 17.2 Å². The first-order chi connectivity index (χ1) is 12.6. The van der Waals surface area contributed by atoms with Crippen molar-refractivity contribution in [2.45, 2.75) is 12.5 Å². The van der Waals surface area contributed by atoms with Gasteiger partial charge >= 0.3 is 0 Å². The molecule has 2 aromatic rings. The summed E-state index contributed by atoms with van der Waals surface area (Å²) in [6.45, 7) is 5.99. The number of likely N-dealkylation sites (N-methyl/N-ethyl adjacent to an activating group) is 1. The molecule has 0 aliphatic carbocycles. The fourth-order valence-corrected chi connectivity index (χ4v) is 2.77. The molecule has 138 valence electrons. The molecule has 0 bridgehead atoms. The molecule has 26 heavy (non-hydrogen) atoms. The second-order valence-electron chi connectivity index (χ2n) is 6.21. The van der Waals surface area contributed by atoms with Gasteiger partial charge in [-0.2, -0.15) is 0 Å². The minimum absolute atomic E-state index is 0.523. The molecule has 0 heterocycles. The Bertz CT molecular complexity index is 695. The van der Waals surface area contributed by atoms with Crippen molar-refractivity contribution in [1.29, 1.82) is 0 Å². The van der Waals surface area contributed by atoms with E-state index in [0.717, 1.165) is 34.4 Å². The Morgan fingerprint density at radius 2 is 1.77 bits per heavy atom. The highest BCUT2D eigenvalue weighted by molar-refractivity contribution is 9.10. The molecule has 0 radical (unpaired) electrons. The lowest BCUT2D eigenvalue weighted by Gasteiger charge is -2.12. The van der Waals surface area contributed by atoms with E-state index in [0.29, 0.717) is 13.0 Å². The number of benzene rings is 2. The van der Waals surface area contributed by atoms with E-state index in [9.17, 15) is 5.11 Å². The van der Waals surface area contributed by atoms with Gasteiger partial charge in [0, 0.05) is 24.0 Å². The molecule has 0 aromatic heterocycles. The lowest BCUT2D eigenvalue weighted by Crippen LogP contribution is -2.17. The van der Waals surface area contributed by atoms with Crippen molar-refractivity contribution in [3.8, 4) is 5.75 Å². The van der Waals surface area contributed by atoms with Crippen LogP contribution in [-0.2, 0) is 6.42 Å². The minimum Gasteiger partial charge on any atom is -0.490 e. The predicted molar refractivity (Wildman–Crippen MR) is 112 cm³/mol. The van der Waals surface area contributed by atoms with Crippen LogP contribution in [0.3, 0.4) is 0 Å². The van der Waals surface area contributed by atoms with Gasteiger partial charge in [-0.3, -0.25) is 4.90 Å². The zero-order chi connectivity index (χ0) is 18.8. The van der Waals surface area contributed by atoms with Gasteiger partial charge in [-0.05, 0) is 42.4 Å². The molecule has 0 aliphatic rings. The smallest absolute Gasteiger partial charge is 0.119 e. The zero-order valence-corrected chi connectivity index (χ0v) is 16.7. The maximum atomic E-state index is 10.4. The van der Waals surface area contributed by atoms with Crippen LogP contribution in [0.5, 0.6) is 5.75 Å². The van der Waals surface area contributed by atoms with Crippen molar-refractivity contribution in [2.75, 3.05) is 26.7 Å². The third-order valence-corrected chi connectivity index (χ3v) is 4.51. The van der Waals surface area contributed by atoms with Crippen LogP contribution in [0.15, 0.2) is 77.8 Å². The third-order valence-electron chi connectivity index (χ3n) is 3.98. The summed E-state index contributed by atoms with van der Waals surface area (Å²) in [5.74, 6) is 0.800. The highest BCUT2D eigenvalue weighted by atomic mass is 79.9. The Balaban J connectivity index is 1.79. The van der Waals surface area contributed by atoms with E-state index in [1.165, 1.54) is 0 Å². The van der Waals surface area contributed by atoms with Gasteiger partial charge in [-0.15, -0.1) is 6.58 Å². The number of hydrogen-bond donors (Lipinski definition) is 1. The van der Waals surface area contributed by atoms with Gasteiger partial charge in [0.2, 0.25) is 0 Å². The Labute approximate surface area is 164 Å². The van der Waals surface area contributed by atoms with Crippen molar-refractivity contribution >= 4 is 15.9 Å². The SMILES string of the molecule is C=CCN(C)C/C=C/COc1ccc([C@@H](O)Cc2ccc(Br)cc2)cc1. The Morgan fingerprint density at radius 3 is 2.42 bits per heavy atom. The monoisotopic (exact) mass is 415 g/mol. The molecule has 3 nitrogen and oxygen atoms in total. The average Bonchev–Trinajstić information content (AvgIpc) is 2.64. The number of rotatable bonds is 10. The molecular weight excluding hydrogens is 390 g/mol. The first-order valence-corrected chi connectivity index (χ1v) is 9.47. The first-order valence-electron chi connectivity index (χ1n) is 8.68. The molecule has 4 heteroatoms. The van der Waals surface area contributed by atoms with Crippen molar-refractivity contribution in [3.05, 3.63) is 88.9 Å². The van der Waals surface area contributed by atoms with Gasteiger partial charge in [0.1, 0.15) is 12.4 Å². The molecule has 1 atom stereocenters. The van der Waals surface area contributed by atoms with Gasteiger partial charge in [0.15, 0.2) is 0 Å². The van der Waals surface area contributed by atoms with Gasteiger partial charge < -0.3 is 9.84 Å². The molecule has 0 amide bonds. The van der Waals surface area contributed by atoms with Crippen LogP contribution in [0.4, 0.5) is 0 Å². The van der Waals surface area contributed by atoms with Gasteiger partial charge in [0.05, 0.1) is 6.10 Å². The van der Waals surface area contributed by atoms with E-state index in [1.54, 1.807) is 0 Å². The molecular formula is C22H26BrNO2. The number of nitrogens with zero attached hydrogens (tertiary/aromatic N) is 1. The number of aliphatic hydroxyl groups is 1. The van der Waals surface area contributed by atoms with Crippen molar-refractivity contribution in [3.63, 3.8) is 0 Å². The fourth-order valence-electron chi connectivity index (χ4n) is 2.51. The van der Waals surface area contributed by atoms with Crippen molar-refractivity contribution in [1.82, 2.24) is 4.90 Å². The summed E-state index contributed by atoms with van der Waals surface area (Å²) >= 11 is 3.42. The third kappa shape index (κ3) is 7.16. The summed E-state index contributed by atoms with van der Waals surface area (Å²) in [7, 11) is 2.05. The molecule has 0 spiro atoms. The summed E-state index contributed by atoms with van der Waals surface area (Å²) < 4.78 is 6.74. The maximum Gasteiger partial charge on any atom is 0.119 e. The van der Waals surface area contributed by atoms with Crippen LogP contribution in [0, 0.1) is 0 Å². The lowest BCUT2D eigenvalue weighted by molar-refractivity contribution is 0.178. The van der Waals surface area contributed by atoms with Crippen molar-refractivity contribution in [2.24, 2.45) is 0 Å². The standard InChI is InChI=1S/C22H26BrNO2/c1-3-14-24(2)15-4-5-16-26-21-12-8-19(9-13-21)22(25)17-18-6-10-20(23)11-7-18/h3-13,22,25H,1,14-17H2,2H3/b5-4+/t22-/m0/s1. The second-order valence-corrected chi connectivity index (χ2v) is 7.12. The molecule has 0 fully saturated rings. The van der Waals surface area contributed by atoms with Gasteiger partial charge in [-0.25, -0.2) is 0 Å². The van der Waals surface area contributed by atoms with Gasteiger partial charge in [-0.1, -0.05) is 58.4 Å². The van der Waals surface area contributed by atoms with E-state index >= 15 is 0 Å². The number of aliphatic hydroxyl groups excluding tert-OH is 1. The summed E-state index contributed by atoms with van der Waals surface area (Å²) in [4.78, 5) is 2.16. The van der Waals surface area contributed by atoms with E-state index in [-0.39, 0.29) is 0 Å². The maximum absolute atomic E-state index is 10.4. The Morgan fingerprint density at radius 1 is 1.08 bits per heavy atom. The van der Waals surface area contributed by atoms with Gasteiger partial charge in [0.25, 0.3) is 0 Å². The Kier molecular flexibility index (Phi) is 8.62. The highest BCUT2D eigenvalue weighted by Gasteiger charge is 2.08. The normalized spacial score (nSPS) is 12.5. The van der Waals surface area contributed by atoms with E-state index in [2.05, 4.69) is 33.5 Å². The molecule has 2 aromatic carbocycles. The molecule has 2 rings (SSSR count). The fraction of sp³-hybridized carbons (Fsp3) is 0.273. The summed E-state index contributed by atoms with van der Waals surface area (Å²) in [6, 6.07) is 15.6. The molecule has 1 N–H and O–H groups in total. The van der Waals surface area contributed by atoms with Crippen LogP contribution in [0.2, 0.25) is 0 Å². The predicted octanol–water partition coefficient (Wildman–Crippen LogP) is 4.78. The molecule has 0 saturated heterocycles. The van der Waals surface area contributed by atoms with Crippen LogP contribution < -0.4 is 4.74 Å². The molecule has 0 unspecified atom stereocenters. The molecule has 0 aliphatic heterocycles. The Hall–Kier alpha value is -1.88. The lowest BCUT2D eigenvalue weighted by atomic mass is 10.0. The average molecular weight is 416 g/mol.